The Hall–Kier alpha value is -3.59. The molecule has 2 saturated heterocycles. The third-order valence-corrected chi connectivity index (χ3v) is 11.6. The maximum absolute atomic E-state index is 13.5. The predicted molar refractivity (Wildman–Crippen MR) is 168 cm³/mol. The number of rotatable bonds is 7. The molecule has 8 nitrogen and oxygen atoms in total. The van der Waals surface area contributed by atoms with Crippen LogP contribution in [0.5, 0.6) is 17.2 Å². The van der Waals surface area contributed by atoms with Crippen molar-refractivity contribution in [2.75, 3.05) is 26.4 Å². The van der Waals surface area contributed by atoms with Gasteiger partial charge in [-0.3, -0.25) is 9.69 Å². The molecule has 3 aliphatic heterocycles. The van der Waals surface area contributed by atoms with Crippen molar-refractivity contribution in [3.8, 4) is 28.4 Å². The number of piperidine rings is 1. The minimum Gasteiger partial charge on any atom is -0.507 e. The van der Waals surface area contributed by atoms with Crippen LogP contribution in [0.25, 0.3) is 11.1 Å². The van der Waals surface area contributed by atoms with Gasteiger partial charge in [-0.25, -0.2) is 0 Å². The van der Waals surface area contributed by atoms with Gasteiger partial charge in [0.15, 0.2) is 11.5 Å². The Kier molecular flexibility index (Phi) is 6.28. The maximum atomic E-state index is 13.5. The van der Waals surface area contributed by atoms with Crippen LogP contribution in [-0.4, -0.2) is 71.3 Å². The number of hydrogen-bond donors (Lipinski definition) is 3. The molecular weight excluding hydrogens is 568 g/mol. The van der Waals surface area contributed by atoms with Crippen molar-refractivity contribution in [2.24, 2.45) is 5.92 Å². The average molecular weight is 609 g/mol. The molecule has 0 aromatic heterocycles. The number of epoxide rings is 1. The highest BCUT2D eigenvalue weighted by Crippen LogP contribution is 2.62. The SMILES string of the molecule is O=C(NCCc1ccc(-c2ccc3c(c2)OCO3)cc1)c1ccc2c(c1O)C13CCN(CC4CC4)C(C2)C1(O)CCC1OC1C3. The van der Waals surface area contributed by atoms with Gasteiger partial charge in [-0.05, 0) is 104 Å². The Morgan fingerprint density at radius 1 is 0.956 bits per heavy atom. The summed E-state index contributed by atoms with van der Waals surface area (Å²) in [6.45, 7) is 2.66. The van der Waals surface area contributed by atoms with Crippen LogP contribution in [-0.2, 0) is 23.0 Å². The van der Waals surface area contributed by atoms with E-state index in [0.29, 0.717) is 37.8 Å². The average Bonchev–Trinajstić information content (AvgIpc) is 3.96. The fraction of sp³-hybridized carbons (Fsp3) is 0.486. The Labute approximate surface area is 263 Å². The molecule has 3 aromatic rings. The normalized spacial score (nSPS) is 30.9. The highest BCUT2D eigenvalue weighted by Gasteiger charge is 2.67. The van der Waals surface area contributed by atoms with Gasteiger partial charge in [-0.2, -0.15) is 0 Å². The zero-order valence-corrected chi connectivity index (χ0v) is 25.5. The molecule has 3 aromatic carbocycles. The molecule has 2 bridgehead atoms. The first-order chi connectivity index (χ1) is 21.9. The van der Waals surface area contributed by atoms with Gasteiger partial charge in [0.05, 0.1) is 23.4 Å². The van der Waals surface area contributed by atoms with Crippen molar-refractivity contribution < 1.29 is 29.2 Å². The molecule has 8 heteroatoms. The van der Waals surface area contributed by atoms with Crippen LogP contribution in [0.2, 0.25) is 0 Å². The lowest BCUT2D eigenvalue weighted by molar-refractivity contribution is -0.156. The highest BCUT2D eigenvalue weighted by atomic mass is 16.7. The summed E-state index contributed by atoms with van der Waals surface area (Å²) in [4.78, 5) is 16.1. The van der Waals surface area contributed by atoms with E-state index >= 15 is 0 Å². The van der Waals surface area contributed by atoms with Gasteiger partial charge in [-0.15, -0.1) is 0 Å². The number of ether oxygens (including phenoxy) is 3. The Morgan fingerprint density at radius 2 is 1.78 bits per heavy atom. The van der Waals surface area contributed by atoms with Crippen LogP contribution in [0.3, 0.4) is 0 Å². The molecule has 234 valence electrons. The topological polar surface area (TPSA) is 104 Å². The fourth-order valence-corrected chi connectivity index (χ4v) is 9.01. The van der Waals surface area contributed by atoms with Crippen LogP contribution < -0.4 is 14.8 Å². The summed E-state index contributed by atoms with van der Waals surface area (Å²) in [6, 6.07) is 18.1. The lowest BCUT2D eigenvalue weighted by Gasteiger charge is -2.62. The quantitative estimate of drug-likeness (QED) is 0.334. The molecule has 4 fully saturated rings. The first-order valence-corrected chi connectivity index (χ1v) is 16.7. The minimum absolute atomic E-state index is 0.0346. The number of nitrogens with zero attached hydrogens (tertiary/aromatic N) is 1. The van der Waals surface area contributed by atoms with Crippen molar-refractivity contribution in [2.45, 2.75) is 80.6 Å². The van der Waals surface area contributed by atoms with Gasteiger partial charge in [-0.1, -0.05) is 36.4 Å². The Balaban J connectivity index is 0.933. The molecule has 5 unspecified atom stereocenters. The molecule has 0 spiro atoms. The molecule has 3 N–H and O–H groups in total. The van der Waals surface area contributed by atoms with E-state index in [1.165, 1.54) is 12.8 Å². The molecular formula is C37H40N2O6. The van der Waals surface area contributed by atoms with Crippen molar-refractivity contribution in [1.82, 2.24) is 10.2 Å². The van der Waals surface area contributed by atoms with Gasteiger partial charge in [0.2, 0.25) is 6.79 Å². The third-order valence-electron chi connectivity index (χ3n) is 11.6. The number of phenols is 1. The Morgan fingerprint density at radius 3 is 2.62 bits per heavy atom. The largest absolute Gasteiger partial charge is 0.507 e. The van der Waals surface area contributed by atoms with E-state index in [-0.39, 0.29) is 36.7 Å². The van der Waals surface area contributed by atoms with Crippen molar-refractivity contribution in [1.29, 1.82) is 0 Å². The zero-order chi connectivity index (χ0) is 30.3. The van der Waals surface area contributed by atoms with Crippen LogP contribution >= 0.6 is 0 Å². The molecule has 1 amide bonds. The van der Waals surface area contributed by atoms with Crippen LogP contribution in [0, 0.1) is 5.92 Å². The summed E-state index contributed by atoms with van der Waals surface area (Å²) in [5.74, 6) is 2.04. The molecule has 3 aliphatic carbocycles. The lowest BCUT2D eigenvalue weighted by atomic mass is 9.52. The van der Waals surface area contributed by atoms with E-state index in [1.807, 2.05) is 24.3 Å². The summed E-state index contributed by atoms with van der Waals surface area (Å²) >= 11 is 0. The van der Waals surface area contributed by atoms with Gasteiger partial charge in [0.25, 0.3) is 5.91 Å². The fourth-order valence-electron chi connectivity index (χ4n) is 9.01. The minimum atomic E-state index is -0.941. The number of fused-ring (bicyclic) bond motifs is 3. The molecule has 6 aliphatic rings. The second-order valence-corrected chi connectivity index (χ2v) is 14.1. The van der Waals surface area contributed by atoms with Gasteiger partial charge in [0.1, 0.15) is 5.75 Å². The molecule has 9 rings (SSSR count). The predicted octanol–water partition coefficient (Wildman–Crippen LogP) is 4.72. The van der Waals surface area contributed by atoms with E-state index in [4.69, 9.17) is 14.2 Å². The standard InChI is InChI=1S/C37H40N2O6/c40-34-27(35(41)38-15-12-22-3-5-24(6-4-22)25-8-10-28-30(17-25)44-21-43-28)9-7-26-18-32-37(42)13-11-29-31(45-29)19-36(37,33(26)34)14-16-39(32)20-23-1-2-23/h3-10,17,23,29,31-32,40,42H,1-2,11-16,18-21H2,(H,38,41). The highest BCUT2D eigenvalue weighted by molar-refractivity contribution is 5.97. The number of likely N-dealkylation sites (tertiary alicyclic amines) is 1. The van der Waals surface area contributed by atoms with Gasteiger partial charge < -0.3 is 29.7 Å². The number of carbonyl (C=O) groups excluding carboxylic acids is 1. The van der Waals surface area contributed by atoms with Crippen molar-refractivity contribution >= 4 is 5.91 Å². The number of aliphatic hydroxyl groups is 1. The summed E-state index contributed by atoms with van der Waals surface area (Å²) < 4.78 is 17.0. The number of carbonyl (C=O) groups is 1. The molecule has 0 radical (unpaired) electrons. The van der Waals surface area contributed by atoms with Crippen molar-refractivity contribution in [3.63, 3.8) is 0 Å². The van der Waals surface area contributed by atoms with E-state index in [1.54, 1.807) is 6.07 Å². The van der Waals surface area contributed by atoms with Crippen LogP contribution in [0.1, 0.15) is 65.6 Å². The first kappa shape index (κ1) is 27.7. The smallest absolute Gasteiger partial charge is 0.255 e. The summed E-state index contributed by atoms with van der Waals surface area (Å²) in [5, 5.41) is 27.6. The van der Waals surface area contributed by atoms with Crippen LogP contribution in [0.4, 0.5) is 0 Å². The number of aromatic hydroxyl groups is 1. The number of benzene rings is 3. The Bertz CT molecular complexity index is 1670. The summed E-state index contributed by atoms with van der Waals surface area (Å²) in [6.07, 6.45) is 7.26. The number of nitrogens with one attached hydrogen (secondary N) is 1. The monoisotopic (exact) mass is 608 g/mol. The summed E-state index contributed by atoms with van der Waals surface area (Å²) in [5.41, 5.74) is 3.87. The van der Waals surface area contributed by atoms with Gasteiger partial charge in [0, 0.05) is 30.1 Å². The third kappa shape index (κ3) is 4.48. The molecule has 45 heavy (non-hydrogen) atoms. The lowest BCUT2D eigenvalue weighted by Crippen LogP contribution is -2.71. The van der Waals surface area contributed by atoms with E-state index in [2.05, 4.69) is 34.5 Å². The van der Waals surface area contributed by atoms with E-state index < -0.39 is 11.0 Å². The summed E-state index contributed by atoms with van der Waals surface area (Å²) in [7, 11) is 0. The second-order valence-electron chi connectivity index (χ2n) is 14.1. The van der Waals surface area contributed by atoms with E-state index in [9.17, 15) is 15.0 Å². The van der Waals surface area contributed by atoms with Crippen LogP contribution in [0.15, 0.2) is 54.6 Å². The maximum Gasteiger partial charge on any atom is 0.255 e. The molecule has 2 saturated carbocycles. The first-order valence-electron chi connectivity index (χ1n) is 16.7. The number of phenolic OH excluding ortho intramolecular Hbond substituents is 1. The van der Waals surface area contributed by atoms with E-state index in [0.717, 1.165) is 71.2 Å². The molecule has 3 heterocycles. The second kappa shape index (κ2) is 10.2. The van der Waals surface area contributed by atoms with Crippen molar-refractivity contribution in [3.05, 3.63) is 76.9 Å². The zero-order valence-electron chi connectivity index (χ0n) is 25.5. The number of hydrogen-bond acceptors (Lipinski definition) is 7. The van der Waals surface area contributed by atoms with Gasteiger partial charge >= 0.3 is 0 Å². The molecule has 5 atom stereocenters. The number of amides is 1.